The topological polar surface area (TPSA) is 55.4 Å². The van der Waals surface area contributed by atoms with E-state index in [1.165, 1.54) is 0 Å². The van der Waals surface area contributed by atoms with Crippen molar-refractivity contribution >= 4 is 23.5 Å². The Hall–Kier alpha value is -2.33. The fraction of sp³-hybridized carbons (Fsp3) is 0.125. The lowest BCUT2D eigenvalue weighted by atomic mass is 10.2. The second-order valence-electron chi connectivity index (χ2n) is 4.45. The third kappa shape index (κ3) is 4.33. The molecular weight excluding hydrogens is 290 g/mol. The molecule has 5 heteroatoms. The maximum Gasteiger partial charge on any atom is 0.330 e. The van der Waals surface area contributed by atoms with Crippen LogP contribution < -0.4 is 10.1 Å². The molecule has 0 heterocycles. The second kappa shape index (κ2) is 6.90. The highest BCUT2D eigenvalue weighted by Gasteiger charge is 2.12. The Morgan fingerprint density at radius 2 is 1.76 bits per heavy atom. The first-order valence-corrected chi connectivity index (χ1v) is 6.74. The van der Waals surface area contributed by atoms with Crippen molar-refractivity contribution in [3.05, 3.63) is 64.7 Å². The van der Waals surface area contributed by atoms with Crippen molar-refractivity contribution < 1.29 is 14.3 Å². The van der Waals surface area contributed by atoms with Gasteiger partial charge in [-0.1, -0.05) is 41.4 Å². The fourth-order valence-corrected chi connectivity index (χ4v) is 1.89. The van der Waals surface area contributed by atoms with Gasteiger partial charge in [-0.3, -0.25) is 4.79 Å². The Labute approximate surface area is 127 Å². The van der Waals surface area contributed by atoms with Crippen LogP contribution in [0.1, 0.15) is 15.9 Å². The van der Waals surface area contributed by atoms with Gasteiger partial charge in [0.1, 0.15) is 12.3 Å². The number of aryl methyl sites for hydroxylation is 1. The molecule has 0 aliphatic rings. The lowest BCUT2D eigenvalue weighted by Gasteiger charge is -2.07. The Bertz CT molecular complexity index is 653. The van der Waals surface area contributed by atoms with Gasteiger partial charge in [-0.25, -0.2) is 4.79 Å². The van der Waals surface area contributed by atoms with Crippen molar-refractivity contribution in [2.24, 2.45) is 0 Å². The predicted molar refractivity (Wildman–Crippen MR) is 80.6 cm³/mol. The second-order valence-corrected chi connectivity index (χ2v) is 4.86. The number of benzene rings is 2. The average molecular weight is 304 g/mol. The summed E-state index contributed by atoms with van der Waals surface area (Å²) < 4.78 is 5.10. The SMILES string of the molecule is Cc1ccc(OC(=O)CNC(=O)c2ccccc2Cl)cc1. The van der Waals surface area contributed by atoms with Gasteiger partial charge in [0.25, 0.3) is 5.91 Å². The standard InChI is InChI=1S/C16H14ClNO3/c1-11-6-8-12(9-7-11)21-15(19)10-18-16(20)13-4-2-3-5-14(13)17/h2-9H,10H2,1H3,(H,18,20). The number of carbonyl (C=O) groups is 2. The molecule has 108 valence electrons. The summed E-state index contributed by atoms with van der Waals surface area (Å²) in [4.78, 5) is 23.5. The number of hydrogen-bond acceptors (Lipinski definition) is 3. The third-order valence-corrected chi connectivity index (χ3v) is 3.09. The molecule has 0 spiro atoms. The molecule has 0 atom stereocenters. The number of ether oxygens (including phenoxy) is 1. The van der Waals surface area contributed by atoms with Crippen molar-refractivity contribution in [3.8, 4) is 5.75 Å². The van der Waals surface area contributed by atoms with Crippen LogP contribution >= 0.6 is 11.6 Å². The van der Waals surface area contributed by atoms with Crippen molar-refractivity contribution in [1.29, 1.82) is 0 Å². The molecule has 4 nitrogen and oxygen atoms in total. The first-order valence-electron chi connectivity index (χ1n) is 6.36. The monoisotopic (exact) mass is 303 g/mol. The molecule has 0 aromatic heterocycles. The highest BCUT2D eigenvalue weighted by atomic mass is 35.5. The van der Waals surface area contributed by atoms with E-state index in [2.05, 4.69) is 5.32 Å². The van der Waals surface area contributed by atoms with Gasteiger partial charge in [-0.2, -0.15) is 0 Å². The summed E-state index contributed by atoms with van der Waals surface area (Å²) in [5, 5.41) is 2.81. The molecule has 0 radical (unpaired) electrons. The Kier molecular flexibility index (Phi) is 4.95. The summed E-state index contributed by atoms with van der Waals surface area (Å²) in [7, 11) is 0. The summed E-state index contributed by atoms with van der Waals surface area (Å²) in [6.07, 6.45) is 0. The average Bonchev–Trinajstić information content (AvgIpc) is 2.48. The summed E-state index contributed by atoms with van der Waals surface area (Å²) in [5.41, 5.74) is 1.39. The molecule has 2 rings (SSSR count). The van der Waals surface area contributed by atoms with E-state index >= 15 is 0 Å². The number of halogens is 1. The Morgan fingerprint density at radius 3 is 2.43 bits per heavy atom. The molecule has 1 amide bonds. The highest BCUT2D eigenvalue weighted by Crippen LogP contribution is 2.14. The van der Waals surface area contributed by atoms with E-state index in [0.717, 1.165) is 5.56 Å². The smallest absolute Gasteiger partial charge is 0.330 e. The van der Waals surface area contributed by atoms with Gasteiger partial charge < -0.3 is 10.1 Å². The van der Waals surface area contributed by atoms with E-state index in [1.807, 2.05) is 19.1 Å². The summed E-state index contributed by atoms with van der Waals surface area (Å²) in [5.74, 6) is -0.515. The molecule has 1 N–H and O–H groups in total. The Morgan fingerprint density at radius 1 is 1.10 bits per heavy atom. The van der Waals surface area contributed by atoms with Crippen LogP contribution in [0, 0.1) is 6.92 Å². The number of nitrogens with one attached hydrogen (secondary N) is 1. The minimum atomic E-state index is -0.542. The molecule has 0 saturated heterocycles. The molecule has 0 aliphatic carbocycles. The summed E-state index contributed by atoms with van der Waals surface area (Å²) in [6.45, 7) is 1.72. The normalized spacial score (nSPS) is 10.0. The number of esters is 1. The van der Waals surface area contributed by atoms with E-state index < -0.39 is 11.9 Å². The van der Waals surface area contributed by atoms with E-state index in [4.69, 9.17) is 16.3 Å². The Balaban J connectivity index is 1.88. The summed E-state index contributed by atoms with van der Waals surface area (Å²) >= 11 is 5.90. The van der Waals surface area contributed by atoms with Gasteiger partial charge in [0.15, 0.2) is 0 Å². The van der Waals surface area contributed by atoms with E-state index in [9.17, 15) is 9.59 Å². The largest absolute Gasteiger partial charge is 0.425 e. The van der Waals surface area contributed by atoms with E-state index in [0.29, 0.717) is 16.3 Å². The third-order valence-electron chi connectivity index (χ3n) is 2.76. The molecular formula is C16H14ClNO3. The summed E-state index contributed by atoms with van der Waals surface area (Å²) in [6, 6.07) is 13.7. The van der Waals surface area contributed by atoms with Crippen LogP contribution in [0.4, 0.5) is 0 Å². The lowest BCUT2D eigenvalue weighted by Crippen LogP contribution is -2.32. The minimum Gasteiger partial charge on any atom is -0.425 e. The quantitative estimate of drug-likeness (QED) is 0.698. The van der Waals surface area contributed by atoms with Crippen LogP contribution in [-0.2, 0) is 4.79 Å². The molecule has 0 aliphatic heterocycles. The molecule has 2 aromatic rings. The van der Waals surface area contributed by atoms with E-state index in [1.54, 1.807) is 36.4 Å². The number of hydrogen-bond donors (Lipinski definition) is 1. The molecule has 0 unspecified atom stereocenters. The molecule has 0 fully saturated rings. The molecule has 21 heavy (non-hydrogen) atoms. The molecule has 2 aromatic carbocycles. The zero-order valence-corrected chi connectivity index (χ0v) is 12.2. The highest BCUT2D eigenvalue weighted by molar-refractivity contribution is 6.33. The van der Waals surface area contributed by atoms with Crippen molar-refractivity contribution in [1.82, 2.24) is 5.32 Å². The van der Waals surface area contributed by atoms with Gasteiger partial charge in [0.05, 0.1) is 10.6 Å². The lowest BCUT2D eigenvalue weighted by molar-refractivity contribution is -0.133. The predicted octanol–water partition coefficient (Wildman–Crippen LogP) is 2.98. The van der Waals surface area contributed by atoms with Gasteiger partial charge in [-0.15, -0.1) is 0 Å². The van der Waals surface area contributed by atoms with Crippen molar-refractivity contribution in [2.45, 2.75) is 6.92 Å². The fourth-order valence-electron chi connectivity index (χ4n) is 1.67. The first kappa shape index (κ1) is 15.1. The number of rotatable bonds is 4. The zero-order chi connectivity index (χ0) is 15.2. The van der Waals surface area contributed by atoms with Gasteiger partial charge in [0.2, 0.25) is 0 Å². The van der Waals surface area contributed by atoms with Crippen molar-refractivity contribution in [2.75, 3.05) is 6.54 Å². The van der Waals surface area contributed by atoms with E-state index in [-0.39, 0.29) is 6.54 Å². The number of amides is 1. The number of carbonyl (C=O) groups excluding carboxylic acids is 2. The minimum absolute atomic E-state index is 0.224. The van der Waals surface area contributed by atoms with Crippen LogP contribution in [0.2, 0.25) is 5.02 Å². The van der Waals surface area contributed by atoms with Crippen LogP contribution in [0.3, 0.4) is 0 Å². The van der Waals surface area contributed by atoms with Crippen molar-refractivity contribution in [3.63, 3.8) is 0 Å². The first-order chi connectivity index (χ1) is 10.1. The maximum absolute atomic E-state index is 11.9. The van der Waals surface area contributed by atoms with Crippen LogP contribution in [0.25, 0.3) is 0 Å². The van der Waals surface area contributed by atoms with Crippen LogP contribution in [-0.4, -0.2) is 18.4 Å². The maximum atomic E-state index is 11.9. The molecule has 0 bridgehead atoms. The zero-order valence-electron chi connectivity index (χ0n) is 11.4. The van der Waals surface area contributed by atoms with Gasteiger partial charge in [-0.05, 0) is 31.2 Å². The van der Waals surface area contributed by atoms with Crippen LogP contribution in [0.15, 0.2) is 48.5 Å². The van der Waals surface area contributed by atoms with Crippen LogP contribution in [0.5, 0.6) is 5.75 Å². The molecule has 0 saturated carbocycles. The van der Waals surface area contributed by atoms with Gasteiger partial charge in [0, 0.05) is 0 Å². The van der Waals surface area contributed by atoms with Gasteiger partial charge >= 0.3 is 5.97 Å².